The van der Waals surface area contributed by atoms with Crippen LogP contribution in [0.25, 0.3) is 0 Å². The molecule has 0 aliphatic carbocycles. The van der Waals surface area contributed by atoms with Crippen LogP contribution in [0.4, 0.5) is 4.39 Å². The smallest absolute Gasteiger partial charge is 0.291 e. The molecule has 19 heavy (non-hydrogen) atoms. The van der Waals surface area contributed by atoms with Crippen molar-refractivity contribution in [1.29, 1.82) is 0 Å². The Morgan fingerprint density at radius 2 is 2.26 bits per heavy atom. The Bertz CT molecular complexity index is 594. The van der Waals surface area contributed by atoms with E-state index in [1.165, 1.54) is 6.07 Å². The predicted octanol–water partition coefficient (Wildman–Crippen LogP) is 1.74. The van der Waals surface area contributed by atoms with Crippen LogP contribution in [0.1, 0.15) is 34.5 Å². The van der Waals surface area contributed by atoms with Crippen molar-refractivity contribution in [2.24, 2.45) is 0 Å². The Balaban J connectivity index is 1.98. The van der Waals surface area contributed by atoms with E-state index in [1.54, 1.807) is 19.1 Å². The van der Waals surface area contributed by atoms with Crippen LogP contribution in [0.15, 0.2) is 18.2 Å². The quantitative estimate of drug-likeness (QED) is 0.881. The van der Waals surface area contributed by atoms with E-state index in [-0.39, 0.29) is 24.1 Å². The van der Waals surface area contributed by atoms with E-state index in [0.717, 1.165) is 0 Å². The number of aromatic nitrogens is 3. The summed E-state index contributed by atoms with van der Waals surface area (Å²) in [6.07, 6.45) is 0.684. The number of nitrogens with one attached hydrogen (secondary N) is 2. The Morgan fingerprint density at radius 1 is 1.47 bits per heavy atom. The normalized spacial score (nSPS) is 10.5. The van der Waals surface area contributed by atoms with Crippen molar-refractivity contribution in [2.45, 2.75) is 26.8 Å². The molecular formula is C13H15FN4O. The molecule has 0 atom stereocenters. The summed E-state index contributed by atoms with van der Waals surface area (Å²) in [6, 6.07) is 4.86. The van der Waals surface area contributed by atoms with E-state index in [1.807, 2.05) is 6.92 Å². The lowest BCUT2D eigenvalue weighted by atomic mass is 10.1. The minimum absolute atomic E-state index is 0.101. The van der Waals surface area contributed by atoms with Crippen LogP contribution in [-0.2, 0) is 13.0 Å². The van der Waals surface area contributed by atoms with E-state index < -0.39 is 0 Å². The number of H-pyrrole nitrogens is 1. The van der Waals surface area contributed by atoms with E-state index >= 15 is 0 Å². The third-order valence-electron chi connectivity index (χ3n) is 2.76. The lowest BCUT2D eigenvalue weighted by Crippen LogP contribution is -2.24. The molecule has 0 radical (unpaired) electrons. The maximum absolute atomic E-state index is 13.3. The van der Waals surface area contributed by atoms with Gasteiger partial charge in [-0.1, -0.05) is 19.1 Å². The first-order valence-electron chi connectivity index (χ1n) is 6.04. The van der Waals surface area contributed by atoms with Crippen molar-refractivity contribution in [3.05, 3.63) is 46.8 Å². The molecule has 100 valence electrons. The molecule has 0 spiro atoms. The molecule has 1 aromatic carbocycles. The standard InChI is InChI=1S/C13H15FN4O/c1-3-11-16-12(18-17-11)13(19)15-7-9-5-4-8(2)10(14)6-9/h4-6H,3,7H2,1-2H3,(H,15,19)(H,16,17,18). The number of benzene rings is 1. The van der Waals surface area contributed by atoms with E-state index in [0.29, 0.717) is 23.4 Å². The van der Waals surface area contributed by atoms with E-state index in [4.69, 9.17) is 0 Å². The van der Waals surface area contributed by atoms with Gasteiger partial charge in [0.2, 0.25) is 5.82 Å². The van der Waals surface area contributed by atoms with Gasteiger partial charge in [-0.2, -0.15) is 0 Å². The summed E-state index contributed by atoms with van der Waals surface area (Å²) >= 11 is 0. The molecule has 2 aromatic rings. The molecule has 1 aromatic heterocycles. The maximum atomic E-state index is 13.3. The molecule has 0 aliphatic heterocycles. The number of nitrogens with zero attached hydrogens (tertiary/aromatic N) is 2. The van der Waals surface area contributed by atoms with Gasteiger partial charge in [0.15, 0.2) is 0 Å². The molecule has 0 fully saturated rings. The second kappa shape index (κ2) is 5.60. The zero-order valence-electron chi connectivity index (χ0n) is 10.8. The molecule has 0 unspecified atom stereocenters. The topological polar surface area (TPSA) is 70.7 Å². The van der Waals surface area contributed by atoms with Crippen LogP contribution in [-0.4, -0.2) is 21.1 Å². The average molecular weight is 262 g/mol. The maximum Gasteiger partial charge on any atom is 0.291 e. The largest absolute Gasteiger partial charge is 0.345 e. The van der Waals surface area contributed by atoms with Crippen LogP contribution in [0.2, 0.25) is 0 Å². The first-order chi connectivity index (χ1) is 9.10. The third kappa shape index (κ3) is 3.15. The SMILES string of the molecule is CCc1nc(C(=O)NCc2ccc(C)c(F)c2)n[nH]1. The van der Waals surface area contributed by atoms with Crippen molar-refractivity contribution >= 4 is 5.91 Å². The van der Waals surface area contributed by atoms with Gasteiger partial charge in [0.1, 0.15) is 11.6 Å². The number of aromatic amines is 1. The Labute approximate surface area is 110 Å². The highest BCUT2D eigenvalue weighted by Gasteiger charge is 2.11. The van der Waals surface area contributed by atoms with Crippen LogP contribution >= 0.6 is 0 Å². The second-order valence-corrected chi connectivity index (χ2v) is 4.23. The van der Waals surface area contributed by atoms with Gasteiger partial charge in [-0.3, -0.25) is 9.89 Å². The number of hydrogen-bond donors (Lipinski definition) is 2. The van der Waals surface area contributed by atoms with Crippen molar-refractivity contribution in [3.8, 4) is 0 Å². The Morgan fingerprint density at radius 3 is 2.89 bits per heavy atom. The lowest BCUT2D eigenvalue weighted by Gasteiger charge is -2.04. The number of rotatable bonds is 4. The molecule has 0 aliphatic rings. The van der Waals surface area contributed by atoms with Crippen LogP contribution in [0.5, 0.6) is 0 Å². The summed E-state index contributed by atoms with van der Waals surface area (Å²) in [4.78, 5) is 15.8. The fourth-order valence-corrected chi connectivity index (χ4v) is 1.56. The zero-order chi connectivity index (χ0) is 13.8. The molecule has 0 saturated carbocycles. The van der Waals surface area contributed by atoms with Gasteiger partial charge in [0, 0.05) is 13.0 Å². The number of carbonyl (C=O) groups is 1. The molecule has 1 amide bonds. The fraction of sp³-hybridized carbons (Fsp3) is 0.308. The first kappa shape index (κ1) is 13.2. The highest BCUT2D eigenvalue weighted by molar-refractivity contribution is 5.90. The van der Waals surface area contributed by atoms with Crippen molar-refractivity contribution in [2.75, 3.05) is 0 Å². The van der Waals surface area contributed by atoms with Gasteiger partial charge in [0.25, 0.3) is 5.91 Å². The number of amides is 1. The van der Waals surface area contributed by atoms with Gasteiger partial charge in [0.05, 0.1) is 0 Å². The summed E-state index contributed by atoms with van der Waals surface area (Å²) in [5, 5.41) is 9.13. The highest BCUT2D eigenvalue weighted by Crippen LogP contribution is 2.09. The summed E-state index contributed by atoms with van der Waals surface area (Å²) < 4.78 is 13.3. The Hall–Kier alpha value is -2.24. The minimum Gasteiger partial charge on any atom is -0.345 e. The fourth-order valence-electron chi connectivity index (χ4n) is 1.56. The summed E-state index contributed by atoms with van der Waals surface area (Å²) in [5.41, 5.74) is 1.28. The van der Waals surface area contributed by atoms with Crippen LogP contribution in [0.3, 0.4) is 0 Å². The molecule has 0 saturated heterocycles. The summed E-state index contributed by atoms with van der Waals surface area (Å²) in [6.45, 7) is 3.85. The van der Waals surface area contributed by atoms with Gasteiger partial charge in [-0.15, -0.1) is 5.10 Å². The third-order valence-corrected chi connectivity index (χ3v) is 2.76. The molecule has 5 nitrogen and oxygen atoms in total. The summed E-state index contributed by atoms with van der Waals surface area (Å²) in [5.74, 6) is 0.103. The summed E-state index contributed by atoms with van der Waals surface area (Å²) in [7, 11) is 0. The van der Waals surface area contributed by atoms with Gasteiger partial charge in [-0.05, 0) is 24.1 Å². The van der Waals surface area contributed by atoms with Crippen LogP contribution in [0, 0.1) is 12.7 Å². The van der Waals surface area contributed by atoms with Gasteiger partial charge in [-0.25, -0.2) is 9.37 Å². The average Bonchev–Trinajstić information content (AvgIpc) is 2.88. The van der Waals surface area contributed by atoms with Crippen molar-refractivity contribution < 1.29 is 9.18 Å². The minimum atomic E-state index is -0.378. The first-order valence-corrected chi connectivity index (χ1v) is 6.04. The molecular weight excluding hydrogens is 247 g/mol. The predicted molar refractivity (Wildman–Crippen MR) is 68.1 cm³/mol. The van der Waals surface area contributed by atoms with Crippen LogP contribution < -0.4 is 5.32 Å². The van der Waals surface area contributed by atoms with Gasteiger partial charge >= 0.3 is 0 Å². The number of aryl methyl sites for hydroxylation is 2. The van der Waals surface area contributed by atoms with Crippen molar-refractivity contribution in [1.82, 2.24) is 20.5 Å². The number of hydrogen-bond acceptors (Lipinski definition) is 3. The zero-order valence-corrected chi connectivity index (χ0v) is 10.8. The monoisotopic (exact) mass is 262 g/mol. The van der Waals surface area contributed by atoms with E-state index in [9.17, 15) is 9.18 Å². The Kier molecular flexibility index (Phi) is 3.89. The van der Waals surface area contributed by atoms with E-state index in [2.05, 4.69) is 20.5 Å². The second-order valence-electron chi connectivity index (χ2n) is 4.23. The molecule has 1 heterocycles. The number of halogens is 1. The lowest BCUT2D eigenvalue weighted by molar-refractivity contribution is 0.0941. The molecule has 2 rings (SSSR count). The van der Waals surface area contributed by atoms with Gasteiger partial charge < -0.3 is 5.32 Å². The number of carbonyl (C=O) groups excluding carboxylic acids is 1. The molecule has 0 bridgehead atoms. The molecule has 6 heteroatoms. The highest BCUT2D eigenvalue weighted by atomic mass is 19.1. The molecule has 2 N–H and O–H groups in total. The van der Waals surface area contributed by atoms with Crippen molar-refractivity contribution in [3.63, 3.8) is 0 Å².